The molecule has 1 aromatic carbocycles. The summed E-state index contributed by atoms with van der Waals surface area (Å²) in [7, 11) is 0. The fourth-order valence-electron chi connectivity index (χ4n) is 2.35. The number of pyridine rings is 1. The fraction of sp³-hybridized carbons (Fsp3) is 0.286. The van der Waals surface area contributed by atoms with Gasteiger partial charge in [-0.25, -0.2) is 0 Å². The van der Waals surface area contributed by atoms with Crippen molar-refractivity contribution in [3.63, 3.8) is 0 Å². The van der Waals surface area contributed by atoms with Gasteiger partial charge < -0.3 is 15.2 Å². The summed E-state index contributed by atoms with van der Waals surface area (Å²) in [6, 6.07) is 8.62. The van der Waals surface area contributed by atoms with Gasteiger partial charge in [-0.2, -0.15) is 0 Å². The number of hydrogen-bond donors (Lipinski definition) is 2. The average Bonchev–Trinajstić information content (AvgIpc) is 2.47. The lowest BCUT2D eigenvalue weighted by atomic mass is 10.2. The van der Waals surface area contributed by atoms with E-state index in [1.165, 1.54) is 6.07 Å². The van der Waals surface area contributed by atoms with Gasteiger partial charge in [-0.05, 0) is 12.1 Å². The maximum absolute atomic E-state index is 12.3. The molecule has 0 atom stereocenters. The van der Waals surface area contributed by atoms with Gasteiger partial charge in [0.05, 0.1) is 0 Å². The quantitative estimate of drug-likeness (QED) is 0.824. The Morgan fingerprint density at radius 2 is 1.85 bits per heavy atom. The van der Waals surface area contributed by atoms with E-state index in [9.17, 15) is 9.59 Å². The first-order valence-corrected chi connectivity index (χ1v) is 6.38. The van der Waals surface area contributed by atoms with E-state index in [-0.39, 0.29) is 23.7 Å². The lowest BCUT2D eigenvalue weighted by Crippen LogP contribution is -2.46. The van der Waals surface area contributed by atoms with E-state index in [0.717, 1.165) is 13.1 Å². The van der Waals surface area contributed by atoms with Crippen LogP contribution < -0.4 is 10.7 Å². The molecule has 1 aromatic heterocycles. The van der Waals surface area contributed by atoms with Gasteiger partial charge in [-0.3, -0.25) is 9.59 Å². The van der Waals surface area contributed by atoms with Gasteiger partial charge in [-0.1, -0.05) is 12.1 Å². The Labute approximate surface area is 122 Å². The van der Waals surface area contributed by atoms with Crippen molar-refractivity contribution in [1.82, 2.24) is 15.2 Å². The van der Waals surface area contributed by atoms with E-state index < -0.39 is 0 Å². The van der Waals surface area contributed by atoms with Crippen LogP contribution in [0, 0.1) is 0 Å². The third-order valence-corrected chi connectivity index (χ3v) is 3.37. The smallest absolute Gasteiger partial charge is 0.270 e. The highest BCUT2D eigenvalue weighted by Gasteiger charge is 2.19. The third kappa shape index (κ3) is 2.69. The van der Waals surface area contributed by atoms with Gasteiger partial charge in [-0.15, -0.1) is 12.4 Å². The van der Waals surface area contributed by atoms with E-state index in [0.29, 0.717) is 29.7 Å². The Hall–Kier alpha value is -1.85. The van der Waals surface area contributed by atoms with Gasteiger partial charge in [0, 0.05) is 43.1 Å². The largest absolute Gasteiger partial charge is 0.350 e. The number of carbonyl (C=O) groups excluding carboxylic acids is 1. The van der Waals surface area contributed by atoms with E-state index in [2.05, 4.69) is 10.3 Å². The molecule has 0 bridgehead atoms. The van der Waals surface area contributed by atoms with Crippen molar-refractivity contribution in [2.75, 3.05) is 26.2 Å². The Bertz CT molecular complexity index is 677. The van der Waals surface area contributed by atoms with Crippen molar-refractivity contribution >= 4 is 29.2 Å². The highest BCUT2D eigenvalue weighted by Crippen LogP contribution is 2.09. The van der Waals surface area contributed by atoms with Crippen LogP contribution in [0.1, 0.15) is 10.5 Å². The van der Waals surface area contributed by atoms with Crippen LogP contribution >= 0.6 is 12.4 Å². The second-order valence-corrected chi connectivity index (χ2v) is 4.64. The molecule has 6 heteroatoms. The number of rotatable bonds is 1. The van der Waals surface area contributed by atoms with Crippen LogP contribution in [0.4, 0.5) is 0 Å². The topological polar surface area (TPSA) is 65.2 Å². The predicted octanol–water partition coefficient (Wildman–Crippen LogP) is 0.995. The number of piperazine rings is 1. The zero-order chi connectivity index (χ0) is 13.2. The van der Waals surface area contributed by atoms with E-state index >= 15 is 0 Å². The van der Waals surface area contributed by atoms with Gasteiger partial charge in [0.25, 0.3) is 5.91 Å². The molecule has 20 heavy (non-hydrogen) atoms. The molecule has 1 amide bonds. The molecule has 2 N–H and O–H groups in total. The highest BCUT2D eigenvalue weighted by atomic mass is 35.5. The molecule has 3 rings (SSSR count). The first kappa shape index (κ1) is 14.6. The minimum atomic E-state index is -0.118. The second-order valence-electron chi connectivity index (χ2n) is 4.64. The first-order valence-electron chi connectivity index (χ1n) is 6.38. The van der Waals surface area contributed by atoms with Crippen LogP contribution in [0.2, 0.25) is 0 Å². The van der Waals surface area contributed by atoms with Crippen molar-refractivity contribution < 1.29 is 4.79 Å². The molecular formula is C14H16ClN3O2. The molecule has 0 spiro atoms. The summed E-state index contributed by atoms with van der Waals surface area (Å²) in [6.07, 6.45) is 0. The van der Waals surface area contributed by atoms with E-state index in [1.807, 2.05) is 18.2 Å². The predicted molar refractivity (Wildman–Crippen MR) is 80.6 cm³/mol. The molecule has 2 aromatic rings. The number of fused-ring (bicyclic) bond motifs is 1. The zero-order valence-electron chi connectivity index (χ0n) is 10.9. The van der Waals surface area contributed by atoms with Gasteiger partial charge in [0.2, 0.25) is 0 Å². The lowest BCUT2D eigenvalue weighted by molar-refractivity contribution is 0.0730. The summed E-state index contributed by atoms with van der Waals surface area (Å²) in [5, 5.41) is 3.81. The molecule has 0 saturated carbocycles. The van der Waals surface area contributed by atoms with Crippen molar-refractivity contribution in [2.24, 2.45) is 0 Å². The first-order chi connectivity index (χ1) is 9.25. The number of aromatic nitrogens is 1. The number of nitrogens with one attached hydrogen (secondary N) is 2. The molecule has 1 aliphatic rings. The van der Waals surface area contributed by atoms with Gasteiger partial charge in [0.15, 0.2) is 5.43 Å². The maximum Gasteiger partial charge on any atom is 0.270 e. The van der Waals surface area contributed by atoms with Gasteiger partial charge >= 0.3 is 0 Å². The molecule has 1 fully saturated rings. The summed E-state index contributed by atoms with van der Waals surface area (Å²) < 4.78 is 0. The standard InChI is InChI=1S/C14H15N3O2.ClH/c18-13-9-12(14(19)17-7-5-15-6-8-17)16-11-4-2-1-3-10(11)13;/h1-4,9,15H,5-8H2,(H,16,18);1H. The number of benzene rings is 1. The van der Waals surface area contributed by atoms with Crippen LogP contribution in [0.25, 0.3) is 10.9 Å². The van der Waals surface area contributed by atoms with Crippen molar-refractivity contribution in [2.45, 2.75) is 0 Å². The Balaban J connectivity index is 0.00000147. The Morgan fingerprint density at radius 1 is 1.15 bits per heavy atom. The van der Waals surface area contributed by atoms with Crippen LogP contribution in [0.5, 0.6) is 0 Å². The number of H-pyrrole nitrogens is 1. The van der Waals surface area contributed by atoms with Crippen molar-refractivity contribution in [3.05, 3.63) is 46.2 Å². The third-order valence-electron chi connectivity index (χ3n) is 3.37. The minimum absolute atomic E-state index is 0. The molecule has 0 radical (unpaired) electrons. The number of halogens is 1. The van der Waals surface area contributed by atoms with Gasteiger partial charge in [0.1, 0.15) is 5.69 Å². The molecule has 5 nitrogen and oxygen atoms in total. The minimum Gasteiger partial charge on any atom is -0.350 e. The molecule has 0 aliphatic carbocycles. The summed E-state index contributed by atoms with van der Waals surface area (Å²) in [5.41, 5.74) is 0.951. The van der Waals surface area contributed by atoms with Crippen molar-refractivity contribution in [1.29, 1.82) is 0 Å². The SMILES string of the molecule is Cl.O=C(c1cc(=O)c2ccccc2[nH]1)N1CCNCC1. The molecule has 2 heterocycles. The van der Waals surface area contributed by atoms with Crippen molar-refractivity contribution in [3.8, 4) is 0 Å². The summed E-state index contributed by atoms with van der Waals surface area (Å²) in [6.45, 7) is 2.94. The fourth-order valence-corrected chi connectivity index (χ4v) is 2.35. The Morgan fingerprint density at radius 3 is 2.60 bits per heavy atom. The summed E-state index contributed by atoms with van der Waals surface area (Å²) in [4.78, 5) is 29.1. The van der Waals surface area contributed by atoms with Crippen LogP contribution in [-0.2, 0) is 0 Å². The molecule has 1 aliphatic heterocycles. The molecule has 1 saturated heterocycles. The summed E-state index contributed by atoms with van der Waals surface area (Å²) >= 11 is 0. The molecular weight excluding hydrogens is 278 g/mol. The van der Waals surface area contributed by atoms with Crippen LogP contribution in [-0.4, -0.2) is 42.0 Å². The van der Waals surface area contributed by atoms with Crippen LogP contribution in [0.15, 0.2) is 35.1 Å². The number of para-hydroxylation sites is 1. The van der Waals surface area contributed by atoms with E-state index in [4.69, 9.17) is 0 Å². The molecule has 106 valence electrons. The monoisotopic (exact) mass is 293 g/mol. The number of amides is 1. The maximum atomic E-state index is 12.3. The normalized spacial score (nSPS) is 14.9. The Kier molecular flexibility index (Phi) is 4.42. The average molecular weight is 294 g/mol. The number of hydrogen-bond acceptors (Lipinski definition) is 3. The zero-order valence-corrected chi connectivity index (χ0v) is 11.7. The summed E-state index contributed by atoms with van der Waals surface area (Å²) in [5.74, 6) is -0.107. The van der Waals surface area contributed by atoms with Crippen LogP contribution in [0.3, 0.4) is 0 Å². The second kappa shape index (κ2) is 6.07. The lowest BCUT2D eigenvalue weighted by Gasteiger charge is -2.27. The number of nitrogens with zero attached hydrogens (tertiary/aromatic N) is 1. The highest BCUT2D eigenvalue weighted by molar-refractivity contribution is 5.94. The molecule has 0 unspecified atom stereocenters. The number of aromatic amines is 1. The number of carbonyl (C=O) groups is 1. The van der Waals surface area contributed by atoms with E-state index in [1.54, 1.807) is 11.0 Å².